The number of benzene rings is 1. The SMILES string of the molecule is CC(C)(C)OC(=O)N1CCC(N2C(=O)[N]c3cc(F)ccc32)CC1. The summed E-state index contributed by atoms with van der Waals surface area (Å²) in [4.78, 5) is 27.6. The average molecular weight is 334 g/mol. The lowest BCUT2D eigenvalue weighted by atomic mass is 10.0. The lowest BCUT2D eigenvalue weighted by molar-refractivity contribution is 0.0206. The summed E-state index contributed by atoms with van der Waals surface area (Å²) in [6, 6.07) is 3.76. The van der Waals surface area contributed by atoms with E-state index in [0.717, 1.165) is 0 Å². The molecular formula is C17H21FN3O3. The quantitative estimate of drug-likeness (QED) is 0.790. The van der Waals surface area contributed by atoms with Gasteiger partial charge in [0.05, 0.1) is 11.4 Å². The normalized spacial score (nSPS) is 18.4. The smallest absolute Gasteiger partial charge is 0.410 e. The Bertz CT molecular complexity index is 664. The average Bonchev–Trinajstić information content (AvgIpc) is 2.80. The number of hydrogen-bond acceptors (Lipinski definition) is 3. The van der Waals surface area contributed by atoms with Gasteiger partial charge < -0.3 is 9.64 Å². The third-order valence-corrected chi connectivity index (χ3v) is 4.10. The van der Waals surface area contributed by atoms with Gasteiger partial charge in [0, 0.05) is 25.2 Å². The first-order valence-corrected chi connectivity index (χ1v) is 8.07. The maximum Gasteiger partial charge on any atom is 0.410 e. The molecule has 7 heteroatoms. The molecular weight excluding hydrogens is 313 g/mol. The highest BCUT2D eigenvalue weighted by Crippen LogP contribution is 2.36. The van der Waals surface area contributed by atoms with E-state index in [4.69, 9.17) is 4.74 Å². The Hall–Kier alpha value is -2.31. The minimum absolute atomic E-state index is 0.0494. The Morgan fingerprint density at radius 1 is 1.29 bits per heavy atom. The Balaban J connectivity index is 1.66. The van der Waals surface area contributed by atoms with Gasteiger partial charge in [-0.25, -0.2) is 14.0 Å². The third kappa shape index (κ3) is 3.29. The lowest BCUT2D eigenvalue weighted by Crippen LogP contribution is -2.49. The fourth-order valence-corrected chi connectivity index (χ4v) is 3.04. The van der Waals surface area contributed by atoms with Crippen molar-refractivity contribution in [3.63, 3.8) is 0 Å². The van der Waals surface area contributed by atoms with Crippen LogP contribution >= 0.6 is 0 Å². The molecule has 0 bridgehead atoms. The summed E-state index contributed by atoms with van der Waals surface area (Å²) in [6.07, 6.45) is 0.940. The predicted molar refractivity (Wildman–Crippen MR) is 86.9 cm³/mol. The van der Waals surface area contributed by atoms with Crippen molar-refractivity contribution in [1.82, 2.24) is 10.2 Å². The minimum Gasteiger partial charge on any atom is -0.444 e. The number of piperidine rings is 1. The summed E-state index contributed by atoms with van der Waals surface area (Å²) in [5, 5.41) is 3.91. The van der Waals surface area contributed by atoms with Crippen LogP contribution in [0.15, 0.2) is 18.2 Å². The van der Waals surface area contributed by atoms with Crippen LogP contribution in [0.2, 0.25) is 0 Å². The lowest BCUT2D eigenvalue weighted by Gasteiger charge is -2.36. The van der Waals surface area contributed by atoms with E-state index in [1.54, 1.807) is 15.9 Å². The van der Waals surface area contributed by atoms with Crippen molar-refractivity contribution in [2.75, 3.05) is 18.0 Å². The van der Waals surface area contributed by atoms with Crippen molar-refractivity contribution in [3.8, 4) is 0 Å². The molecule has 0 N–H and O–H groups in total. The van der Waals surface area contributed by atoms with Gasteiger partial charge >= 0.3 is 12.1 Å². The zero-order valence-electron chi connectivity index (χ0n) is 14.1. The monoisotopic (exact) mass is 334 g/mol. The number of nitrogens with zero attached hydrogens (tertiary/aromatic N) is 3. The number of likely N-dealkylation sites (tertiary alicyclic amines) is 1. The molecule has 2 aliphatic heterocycles. The molecule has 1 fully saturated rings. The largest absolute Gasteiger partial charge is 0.444 e. The van der Waals surface area contributed by atoms with Crippen LogP contribution in [0.4, 0.5) is 25.4 Å². The second-order valence-corrected chi connectivity index (χ2v) is 7.10. The van der Waals surface area contributed by atoms with Gasteiger partial charge in [-0.2, -0.15) is 5.32 Å². The van der Waals surface area contributed by atoms with E-state index >= 15 is 0 Å². The van der Waals surface area contributed by atoms with E-state index in [0.29, 0.717) is 37.3 Å². The van der Waals surface area contributed by atoms with Gasteiger partial charge in [-0.05, 0) is 45.7 Å². The number of urea groups is 1. The van der Waals surface area contributed by atoms with Gasteiger partial charge in [0.2, 0.25) is 0 Å². The Morgan fingerprint density at radius 2 is 1.96 bits per heavy atom. The predicted octanol–water partition coefficient (Wildman–Crippen LogP) is 3.40. The van der Waals surface area contributed by atoms with Crippen molar-refractivity contribution >= 4 is 23.5 Å². The molecule has 1 aromatic carbocycles. The van der Waals surface area contributed by atoms with Gasteiger partial charge in [-0.3, -0.25) is 4.90 Å². The van der Waals surface area contributed by atoms with Crippen molar-refractivity contribution in [2.24, 2.45) is 0 Å². The number of carbonyl (C=O) groups excluding carboxylic acids is 2. The molecule has 129 valence electrons. The molecule has 0 unspecified atom stereocenters. The summed E-state index contributed by atoms with van der Waals surface area (Å²) in [5.41, 5.74) is 0.479. The summed E-state index contributed by atoms with van der Waals surface area (Å²) >= 11 is 0. The van der Waals surface area contributed by atoms with E-state index in [1.165, 1.54) is 12.1 Å². The maximum absolute atomic E-state index is 13.3. The van der Waals surface area contributed by atoms with Gasteiger partial charge in [0.1, 0.15) is 11.4 Å². The molecule has 0 aromatic heterocycles. The number of hydrogen-bond donors (Lipinski definition) is 0. The molecule has 0 spiro atoms. The van der Waals surface area contributed by atoms with E-state index in [-0.39, 0.29) is 18.2 Å². The molecule has 1 saturated heterocycles. The first-order valence-electron chi connectivity index (χ1n) is 8.07. The second kappa shape index (κ2) is 5.96. The standard InChI is InChI=1S/C17H21FN3O3/c1-17(2,3)24-16(23)20-8-6-12(7-9-20)21-14-5-4-11(18)10-13(14)19-15(21)22/h4-5,10,12H,6-9H2,1-3H3. The van der Waals surface area contributed by atoms with E-state index in [1.807, 2.05) is 20.8 Å². The molecule has 2 heterocycles. The molecule has 0 atom stereocenters. The van der Waals surface area contributed by atoms with Crippen molar-refractivity contribution in [1.29, 1.82) is 0 Å². The molecule has 3 rings (SSSR count). The fourth-order valence-electron chi connectivity index (χ4n) is 3.04. The first-order chi connectivity index (χ1) is 11.2. The summed E-state index contributed by atoms with van der Waals surface area (Å²) < 4.78 is 18.7. The highest BCUT2D eigenvalue weighted by molar-refractivity contribution is 6.04. The highest BCUT2D eigenvalue weighted by atomic mass is 19.1. The molecule has 2 aliphatic rings. The van der Waals surface area contributed by atoms with Gasteiger partial charge in [0.25, 0.3) is 0 Å². The maximum atomic E-state index is 13.3. The molecule has 0 saturated carbocycles. The fraction of sp³-hybridized carbons (Fsp3) is 0.529. The zero-order valence-corrected chi connectivity index (χ0v) is 14.1. The van der Waals surface area contributed by atoms with Crippen LogP contribution in [0.1, 0.15) is 33.6 Å². The van der Waals surface area contributed by atoms with Crippen molar-refractivity contribution < 1.29 is 18.7 Å². The molecule has 3 amide bonds. The van der Waals surface area contributed by atoms with Crippen LogP contribution < -0.4 is 10.2 Å². The number of carbonyl (C=O) groups is 2. The van der Waals surface area contributed by atoms with Gasteiger partial charge in [0.15, 0.2) is 0 Å². The van der Waals surface area contributed by atoms with Crippen molar-refractivity contribution in [3.05, 3.63) is 24.0 Å². The number of fused-ring (bicyclic) bond motifs is 1. The summed E-state index contributed by atoms with van der Waals surface area (Å²) in [5.74, 6) is -0.410. The van der Waals surface area contributed by atoms with Crippen LogP contribution in [0, 0.1) is 5.82 Å². The van der Waals surface area contributed by atoms with E-state index in [9.17, 15) is 14.0 Å². The van der Waals surface area contributed by atoms with Crippen LogP contribution in [-0.2, 0) is 4.74 Å². The molecule has 0 aliphatic carbocycles. The van der Waals surface area contributed by atoms with Crippen LogP contribution in [-0.4, -0.2) is 41.8 Å². The summed E-state index contributed by atoms with van der Waals surface area (Å²) in [7, 11) is 0. The number of amides is 3. The highest BCUT2D eigenvalue weighted by Gasteiger charge is 2.37. The van der Waals surface area contributed by atoms with Crippen LogP contribution in [0.5, 0.6) is 0 Å². The molecule has 1 aromatic rings. The zero-order chi connectivity index (χ0) is 17.5. The van der Waals surface area contributed by atoms with Gasteiger partial charge in [-0.15, -0.1) is 0 Å². The first kappa shape index (κ1) is 16.5. The van der Waals surface area contributed by atoms with E-state index < -0.39 is 11.4 Å². The molecule has 1 radical (unpaired) electrons. The minimum atomic E-state index is -0.527. The van der Waals surface area contributed by atoms with Crippen molar-refractivity contribution in [2.45, 2.75) is 45.3 Å². The second-order valence-electron chi connectivity index (χ2n) is 7.10. The third-order valence-electron chi connectivity index (χ3n) is 4.10. The molecule has 24 heavy (non-hydrogen) atoms. The van der Waals surface area contributed by atoms with Gasteiger partial charge in [-0.1, -0.05) is 0 Å². The molecule has 6 nitrogen and oxygen atoms in total. The number of ether oxygens (including phenoxy) is 1. The van der Waals surface area contributed by atoms with E-state index in [2.05, 4.69) is 5.32 Å². The number of anilines is 1. The van der Waals surface area contributed by atoms with Crippen LogP contribution in [0.25, 0.3) is 0 Å². The number of halogens is 1. The summed E-state index contributed by atoms with van der Waals surface area (Å²) in [6.45, 7) is 6.52. The Labute approximate surface area is 140 Å². The van der Waals surface area contributed by atoms with Crippen LogP contribution in [0.3, 0.4) is 0 Å². The topological polar surface area (TPSA) is 64.0 Å². The Kier molecular flexibility index (Phi) is 4.11. The number of rotatable bonds is 1. The Morgan fingerprint density at radius 3 is 2.58 bits per heavy atom.